The zero-order valence-electron chi connectivity index (χ0n) is 17.8. The van der Waals surface area contributed by atoms with Gasteiger partial charge in [-0.05, 0) is 37.6 Å². The predicted octanol–water partition coefficient (Wildman–Crippen LogP) is 5.51. The molecule has 1 aliphatic heterocycles. The first-order chi connectivity index (χ1) is 15.2. The fourth-order valence-electron chi connectivity index (χ4n) is 4.05. The van der Waals surface area contributed by atoms with Gasteiger partial charge in [0, 0.05) is 23.1 Å². The minimum absolute atomic E-state index is 0.130. The van der Waals surface area contributed by atoms with Gasteiger partial charge in [-0.1, -0.05) is 43.0 Å². The summed E-state index contributed by atoms with van der Waals surface area (Å²) in [6.45, 7) is 6.27. The van der Waals surface area contributed by atoms with Gasteiger partial charge in [0.25, 0.3) is 0 Å². The second-order valence-electron chi connectivity index (χ2n) is 7.57. The fourth-order valence-corrected chi connectivity index (χ4v) is 4.05. The van der Waals surface area contributed by atoms with Gasteiger partial charge in [-0.2, -0.15) is 0 Å². The second-order valence-corrected chi connectivity index (χ2v) is 7.57. The maximum absolute atomic E-state index is 5.56. The number of oxazole rings is 1. The molecule has 31 heavy (non-hydrogen) atoms. The SMILES string of the molecule is CCC#Cc1ccc2c(c1)C(c1ccccc1C)=N[C@@H](C)c1c(-c3cnco3)ncn1-2. The molecule has 1 atom stereocenters. The molecule has 4 aromatic rings. The Morgan fingerprint density at radius 2 is 2.00 bits per heavy atom. The summed E-state index contributed by atoms with van der Waals surface area (Å²) in [6, 6.07) is 14.5. The third kappa shape index (κ3) is 3.27. The number of hydrogen-bond donors (Lipinski definition) is 0. The predicted molar refractivity (Wildman–Crippen MR) is 121 cm³/mol. The van der Waals surface area contributed by atoms with Crippen LogP contribution in [0.3, 0.4) is 0 Å². The first-order valence-electron chi connectivity index (χ1n) is 10.4. The fraction of sp³-hybridized carbons (Fsp3) is 0.192. The van der Waals surface area contributed by atoms with Gasteiger partial charge in [0.1, 0.15) is 12.0 Å². The number of benzene rings is 2. The van der Waals surface area contributed by atoms with Crippen molar-refractivity contribution in [3.05, 3.63) is 89.3 Å². The smallest absolute Gasteiger partial charge is 0.181 e. The van der Waals surface area contributed by atoms with Crippen LogP contribution >= 0.6 is 0 Å². The Morgan fingerprint density at radius 3 is 2.77 bits per heavy atom. The van der Waals surface area contributed by atoms with Crippen molar-refractivity contribution in [3.63, 3.8) is 0 Å². The van der Waals surface area contributed by atoms with Crippen LogP contribution in [0.25, 0.3) is 17.1 Å². The third-order valence-corrected chi connectivity index (χ3v) is 5.51. The molecule has 0 unspecified atom stereocenters. The van der Waals surface area contributed by atoms with E-state index in [1.807, 2.05) is 6.33 Å². The number of aryl methyl sites for hydroxylation is 1. The number of aliphatic imine (C=N–C) groups is 1. The van der Waals surface area contributed by atoms with E-state index in [4.69, 9.17) is 9.41 Å². The highest BCUT2D eigenvalue weighted by atomic mass is 16.3. The zero-order chi connectivity index (χ0) is 21.4. The summed E-state index contributed by atoms with van der Waals surface area (Å²) in [7, 11) is 0. The van der Waals surface area contributed by atoms with Crippen molar-refractivity contribution in [2.24, 2.45) is 4.99 Å². The monoisotopic (exact) mass is 406 g/mol. The van der Waals surface area contributed by atoms with E-state index in [0.717, 1.165) is 45.9 Å². The summed E-state index contributed by atoms with van der Waals surface area (Å²) >= 11 is 0. The van der Waals surface area contributed by atoms with Crippen LogP contribution in [0.1, 0.15) is 54.3 Å². The average molecular weight is 406 g/mol. The van der Waals surface area contributed by atoms with Crippen molar-refractivity contribution >= 4 is 5.71 Å². The summed E-state index contributed by atoms with van der Waals surface area (Å²) < 4.78 is 7.68. The topological polar surface area (TPSA) is 56.2 Å². The average Bonchev–Trinajstić information content (AvgIpc) is 3.44. The Balaban J connectivity index is 1.80. The molecule has 2 aromatic carbocycles. The zero-order valence-corrected chi connectivity index (χ0v) is 17.8. The van der Waals surface area contributed by atoms with Crippen LogP contribution in [0.5, 0.6) is 0 Å². The van der Waals surface area contributed by atoms with E-state index in [-0.39, 0.29) is 6.04 Å². The van der Waals surface area contributed by atoms with Crippen LogP contribution in [-0.4, -0.2) is 20.2 Å². The van der Waals surface area contributed by atoms with Gasteiger partial charge < -0.3 is 4.42 Å². The van der Waals surface area contributed by atoms with Crippen molar-refractivity contribution in [3.8, 4) is 29.0 Å². The van der Waals surface area contributed by atoms with Gasteiger partial charge in [-0.25, -0.2) is 9.97 Å². The number of hydrogen-bond acceptors (Lipinski definition) is 4. The largest absolute Gasteiger partial charge is 0.442 e. The van der Waals surface area contributed by atoms with Gasteiger partial charge >= 0.3 is 0 Å². The van der Waals surface area contributed by atoms with E-state index in [1.54, 1.807) is 6.20 Å². The van der Waals surface area contributed by atoms with Crippen molar-refractivity contribution in [2.45, 2.75) is 33.2 Å². The lowest BCUT2D eigenvalue weighted by Crippen LogP contribution is -2.09. The molecule has 0 saturated heterocycles. The number of aromatic nitrogens is 3. The highest BCUT2D eigenvalue weighted by Gasteiger charge is 2.28. The lowest BCUT2D eigenvalue weighted by Gasteiger charge is -2.14. The van der Waals surface area contributed by atoms with Crippen molar-refractivity contribution in [1.82, 2.24) is 14.5 Å². The molecule has 3 heterocycles. The van der Waals surface area contributed by atoms with Crippen molar-refractivity contribution in [2.75, 3.05) is 0 Å². The lowest BCUT2D eigenvalue weighted by atomic mass is 9.95. The Kier molecular flexibility index (Phi) is 4.76. The highest BCUT2D eigenvalue weighted by Crippen LogP contribution is 2.36. The van der Waals surface area contributed by atoms with Crippen molar-refractivity contribution in [1.29, 1.82) is 0 Å². The molecule has 0 fully saturated rings. The van der Waals surface area contributed by atoms with Crippen molar-refractivity contribution < 1.29 is 4.42 Å². The molecule has 5 heteroatoms. The molecule has 0 aliphatic carbocycles. The summed E-state index contributed by atoms with van der Waals surface area (Å²) in [5.41, 5.74) is 8.07. The van der Waals surface area contributed by atoms with E-state index < -0.39 is 0 Å². The first-order valence-corrected chi connectivity index (χ1v) is 10.4. The summed E-state index contributed by atoms with van der Waals surface area (Å²) in [6.07, 6.45) is 5.78. The van der Waals surface area contributed by atoms with E-state index in [9.17, 15) is 0 Å². The van der Waals surface area contributed by atoms with Crippen LogP contribution in [0.4, 0.5) is 0 Å². The molecule has 0 saturated carbocycles. The quantitative estimate of drug-likeness (QED) is 0.413. The summed E-state index contributed by atoms with van der Waals surface area (Å²) in [5, 5.41) is 0. The van der Waals surface area contributed by atoms with Crippen LogP contribution < -0.4 is 0 Å². The number of rotatable bonds is 2. The molecule has 0 N–H and O–H groups in total. The summed E-state index contributed by atoms with van der Waals surface area (Å²) in [5.74, 6) is 7.08. The van der Waals surface area contributed by atoms with E-state index >= 15 is 0 Å². The molecule has 0 amide bonds. The lowest BCUT2D eigenvalue weighted by molar-refractivity contribution is 0.568. The molecule has 0 bridgehead atoms. The third-order valence-electron chi connectivity index (χ3n) is 5.51. The van der Waals surface area contributed by atoms with Gasteiger partial charge in [0.05, 0.1) is 29.3 Å². The first kappa shape index (κ1) is 19.1. The molecular weight excluding hydrogens is 384 g/mol. The molecule has 0 spiro atoms. The summed E-state index contributed by atoms with van der Waals surface area (Å²) in [4.78, 5) is 13.9. The van der Waals surface area contributed by atoms with E-state index in [2.05, 4.69) is 89.6 Å². The Labute approximate surface area is 181 Å². The second kappa shape index (κ2) is 7.73. The minimum atomic E-state index is -0.130. The highest BCUT2D eigenvalue weighted by molar-refractivity contribution is 6.16. The van der Waals surface area contributed by atoms with Gasteiger partial charge in [0.2, 0.25) is 0 Å². The maximum atomic E-state index is 5.56. The van der Waals surface area contributed by atoms with Crippen LogP contribution in [-0.2, 0) is 0 Å². The van der Waals surface area contributed by atoms with Gasteiger partial charge in [-0.3, -0.25) is 9.56 Å². The molecule has 5 nitrogen and oxygen atoms in total. The Hall–Kier alpha value is -3.91. The molecule has 1 aliphatic rings. The number of imidazole rings is 1. The van der Waals surface area contributed by atoms with Crippen LogP contribution in [0, 0.1) is 18.8 Å². The van der Waals surface area contributed by atoms with Gasteiger partial charge in [0.15, 0.2) is 12.2 Å². The minimum Gasteiger partial charge on any atom is -0.442 e. The molecule has 5 rings (SSSR count). The standard InChI is InChI=1S/C26H22N4O/c1-4-5-9-19-11-12-22-21(13-19)24(20-10-7-6-8-17(20)2)29-18(3)26-25(28-15-30(22)26)23-14-27-16-31-23/h6-8,10-16,18H,4H2,1-3H3/t18-/m0/s1. The Bertz CT molecular complexity index is 1350. The van der Waals surface area contributed by atoms with Gasteiger partial charge in [-0.15, -0.1) is 0 Å². The van der Waals surface area contributed by atoms with Crippen LogP contribution in [0.2, 0.25) is 0 Å². The number of fused-ring (bicyclic) bond motifs is 3. The molecular formula is C26H22N4O. The van der Waals surface area contributed by atoms with E-state index in [0.29, 0.717) is 5.76 Å². The molecule has 2 aromatic heterocycles. The van der Waals surface area contributed by atoms with Crippen LogP contribution in [0.15, 0.2) is 70.8 Å². The van der Waals surface area contributed by atoms with E-state index in [1.165, 1.54) is 12.0 Å². The Morgan fingerprint density at radius 1 is 1.13 bits per heavy atom. The molecule has 0 radical (unpaired) electrons. The molecule has 152 valence electrons. The number of nitrogens with zero attached hydrogens (tertiary/aromatic N) is 4. The maximum Gasteiger partial charge on any atom is 0.181 e. The normalized spacial score (nSPS) is 14.7.